The monoisotopic (exact) mass is 527 g/mol. The molecule has 0 aliphatic heterocycles. The molecule has 0 saturated heterocycles. The summed E-state index contributed by atoms with van der Waals surface area (Å²) in [5.74, 6) is -1.88. The molecule has 0 aliphatic rings. The topological polar surface area (TPSA) is 117 Å². The lowest BCUT2D eigenvalue weighted by molar-refractivity contribution is 0.0698. The molecule has 0 aliphatic carbocycles. The third kappa shape index (κ3) is 5.35. The molecule has 0 fully saturated rings. The van der Waals surface area contributed by atoms with Crippen LogP contribution in [0.25, 0.3) is 0 Å². The number of aromatic nitrogens is 1. The number of benzene rings is 2. The summed E-state index contributed by atoms with van der Waals surface area (Å²) in [4.78, 5) is 30.9. The van der Waals surface area contributed by atoms with Gasteiger partial charge in [-0.25, -0.2) is 13.2 Å². The Labute approximate surface area is 210 Å². The van der Waals surface area contributed by atoms with E-state index in [4.69, 9.17) is 11.6 Å². The van der Waals surface area contributed by atoms with Crippen LogP contribution in [0, 0.1) is 0 Å². The van der Waals surface area contributed by atoms with Gasteiger partial charge >= 0.3 is 5.97 Å². The van der Waals surface area contributed by atoms with Crippen LogP contribution in [0.1, 0.15) is 26.4 Å². The molecule has 35 heavy (non-hydrogen) atoms. The standard InChI is InChI=1S/C24H18ClN3O5S2/c1-28(17-7-5-16(25)6-8-17)18-9-11-21(26-14-18)23(29)15-4-10-20(19(13-15)24(30)31)27-35(32,33)22-3-2-12-34-22/h2-14,27H,1H3,(H,30,31). The first-order chi connectivity index (χ1) is 16.7. The number of halogens is 1. The molecular weight excluding hydrogens is 510 g/mol. The van der Waals surface area contributed by atoms with E-state index in [1.54, 1.807) is 29.6 Å². The minimum Gasteiger partial charge on any atom is -0.478 e. The van der Waals surface area contributed by atoms with Crippen LogP contribution >= 0.6 is 22.9 Å². The van der Waals surface area contributed by atoms with Crippen LogP contribution < -0.4 is 9.62 Å². The number of hydrogen-bond donors (Lipinski definition) is 2. The Kier molecular flexibility index (Phi) is 6.88. The number of sulfonamides is 1. The fourth-order valence-electron chi connectivity index (χ4n) is 3.24. The first-order valence-corrected chi connectivity index (χ1v) is 12.8. The highest BCUT2D eigenvalue weighted by atomic mass is 35.5. The second kappa shape index (κ2) is 9.87. The van der Waals surface area contributed by atoms with Crippen molar-refractivity contribution in [3.8, 4) is 0 Å². The van der Waals surface area contributed by atoms with E-state index < -0.39 is 21.8 Å². The number of pyridine rings is 1. The van der Waals surface area contributed by atoms with Crippen LogP contribution in [0.4, 0.5) is 17.1 Å². The Bertz CT molecular complexity index is 1490. The summed E-state index contributed by atoms with van der Waals surface area (Å²) in [6.07, 6.45) is 1.53. The van der Waals surface area contributed by atoms with Crippen molar-refractivity contribution in [3.05, 3.63) is 100 Å². The van der Waals surface area contributed by atoms with Gasteiger partial charge in [0.15, 0.2) is 0 Å². The zero-order valence-corrected chi connectivity index (χ0v) is 20.6. The predicted molar refractivity (Wildman–Crippen MR) is 136 cm³/mol. The van der Waals surface area contributed by atoms with Gasteiger partial charge in [0, 0.05) is 23.3 Å². The predicted octanol–water partition coefficient (Wildman–Crippen LogP) is 5.29. The van der Waals surface area contributed by atoms with Gasteiger partial charge in [0.05, 0.1) is 23.1 Å². The molecule has 0 spiro atoms. The maximum absolute atomic E-state index is 13.0. The summed E-state index contributed by atoms with van der Waals surface area (Å²) in [5.41, 5.74) is 1.29. The summed E-state index contributed by atoms with van der Waals surface area (Å²) in [6, 6.07) is 17.2. The fourth-order valence-corrected chi connectivity index (χ4v) is 5.44. The lowest BCUT2D eigenvalue weighted by atomic mass is 10.0. The van der Waals surface area contributed by atoms with Gasteiger partial charge in [0.25, 0.3) is 10.0 Å². The van der Waals surface area contributed by atoms with E-state index in [1.807, 2.05) is 24.1 Å². The number of nitrogens with zero attached hydrogens (tertiary/aromatic N) is 2. The minimum atomic E-state index is -3.95. The molecule has 8 nitrogen and oxygen atoms in total. The van der Waals surface area contributed by atoms with Crippen molar-refractivity contribution < 1.29 is 23.1 Å². The molecule has 2 aromatic heterocycles. The lowest BCUT2D eigenvalue weighted by Crippen LogP contribution is -2.15. The number of rotatable bonds is 8. The molecule has 0 bridgehead atoms. The van der Waals surface area contributed by atoms with Crippen molar-refractivity contribution in [2.24, 2.45) is 0 Å². The number of aromatic carboxylic acids is 1. The molecular formula is C24H18ClN3O5S2. The first-order valence-electron chi connectivity index (χ1n) is 10.1. The van der Waals surface area contributed by atoms with Gasteiger partial charge in [-0.3, -0.25) is 14.5 Å². The van der Waals surface area contributed by atoms with Crippen LogP contribution in [0.3, 0.4) is 0 Å². The number of anilines is 3. The SMILES string of the molecule is CN(c1ccc(Cl)cc1)c1ccc(C(=O)c2ccc(NS(=O)(=O)c3cccs3)c(C(=O)O)c2)nc1. The zero-order chi connectivity index (χ0) is 25.2. The molecule has 2 aromatic carbocycles. The molecule has 178 valence electrons. The normalized spacial score (nSPS) is 11.1. The first kappa shape index (κ1) is 24.4. The van der Waals surface area contributed by atoms with Gasteiger partial charge in [0.1, 0.15) is 9.90 Å². The van der Waals surface area contributed by atoms with E-state index in [0.29, 0.717) is 5.02 Å². The number of carboxylic acid groups (broad SMARTS) is 1. The highest BCUT2D eigenvalue weighted by Gasteiger charge is 2.22. The number of carbonyl (C=O) groups is 2. The van der Waals surface area contributed by atoms with Crippen LogP contribution in [-0.4, -0.2) is 37.3 Å². The second-order valence-electron chi connectivity index (χ2n) is 7.37. The Morgan fingerprint density at radius 1 is 1.03 bits per heavy atom. The Balaban J connectivity index is 1.58. The van der Waals surface area contributed by atoms with E-state index in [-0.39, 0.29) is 26.7 Å². The van der Waals surface area contributed by atoms with Crippen molar-refractivity contribution in [1.29, 1.82) is 0 Å². The largest absolute Gasteiger partial charge is 0.478 e. The molecule has 0 unspecified atom stereocenters. The number of nitrogens with one attached hydrogen (secondary N) is 1. The smallest absolute Gasteiger partial charge is 0.337 e. The molecule has 0 amide bonds. The lowest BCUT2D eigenvalue weighted by Gasteiger charge is -2.19. The van der Waals surface area contributed by atoms with Crippen LogP contribution in [0.2, 0.25) is 5.02 Å². The van der Waals surface area contributed by atoms with E-state index in [2.05, 4.69) is 9.71 Å². The van der Waals surface area contributed by atoms with Gasteiger partial charge in [-0.1, -0.05) is 17.7 Å². The van der Waals surface area contributed by atoms with Gasteiger partial charge in [0.2, 0.25) is 5.78 Å². The maximum Gasteiger partial charge on any atom is 0.337 e. The summed E-state index contributed by atoms with van der Waals surface area (Å²) < 4.78 is 27.3. The maximum atomic E-state index is 13.0. The molecule has 11 heteroatoms. The van der Waals surface area contributed by atoms with Crippen LogP contribution in [0.15, 0.2) is 82.5 Å². The van der Waals surface area contributed by atoms with Crippen LogP contribution in [-0.2, 0) is 10.0 Å². The van der Waals surface area contributed by atoms with Crippen molar-refractivity contribution in [1.82, 2.24) is 4.98 Å². The van der Waals surface area contributed by atoms with Crippen molar-refractivity contribution in [2.45, 2.75) is 4.21 Å². The summed E-state index contributed by atoms with van der Waals surface area (Å²) in [5, 5.41) is 11.8. The summed E-state index contributed by atoms with van der Waals surface area (Å²) >= 11 is 6.93. The van der Waals surface area contributed by atoms with Crippen molar-refractivity contribution in [2.75, 3.05) is 16.7 Å². The number of carboxylic acids is 1. The zero-order valence-electron chi connectivity index (χ0n) is 18.2. The Morgan fingerprint density at radius 2 is 1.74 bits per heavy atom. The summed E-state index contributed by atoms with van der Waals surface area (Å²) in [7, 11) is -2.11. The summed E-state index contributed by atoms with van der Waals surface area (Å²) in [6.45, 7) is 0. The van der Waals surface area contributed by atoms with Gasteiger partial charge in [-0.2, -0.15) is 0 Å². The number of hydrogen-bond acceptors (Lipinski definition) is 7. The quantitative estimate of drug-likeness (QED) is 0.299. The molecule has 2 N–H and O–H groups in total. The Hall–Kier alpha value is -3.73. The molecule has 2 heterocycles. The van der Waals surface area contributed by atoms with Gasteiger partial charge in [-0.15, -0.1) is 11.3 Å². The highest BCUT2D eigenvalue weighted by Crippen LogP contribution is 2.27. The van der Waals surface area contributed by atoms with E-state index in [9.17, 15) is 23.1 Å². The third-order valence-electron chi connectivity index (χ3n) is 5.10. The third-order valence-corrected chi connectivity index (χ3v) is 8.11. The average Bonchev–Trinajstić information content (AvgIpc) is 3.40. The molecule has 0 radical (unpaired) electrons. The van der Waals surface area contributed by atoms with Crippen LogP contribution in [0.5, 0.6) is 0 Å². The number of thiophene rings is 1. The van der Waals surface area contributed by atoms with E-state index >= 15 is 0 Å². The highest BCUT2D eigenvalue weighted by molar-refractivity contribution is 7.94. The van der Waals surface area contributed by atoms with Gasteiger partial charge < -0.3 is 10.0 Å². The van der Waals surface area contributed by atoms with Crippen molar-refractivity contribution >= 4 is 61.8 Å². The molecule has 4 rings (SSSR count). The van der Waals surface area contributed by atoms with E-state index in [1.165, 1.54) is 30.5 Å². The Morgan fingerprint density at radius 3 is 2.34 bits per heavy atom. The van der Waals surface area contributed by atoms with E-state index in [0.717, 1.165) is 28.8 Å². The molecule has 4 aromatic rings. The molecule has 0 saturated carbocycles. The number of carbonyl (C=O) groups excluding carboxylic acids is 1. The fraction of sp³-hybridized carbons (Fsp3) is 0.0417. The van der Waals surface area contributed by atoms with Gasteiger partial charge in [-0.05, 0) is 66.0 Å². The van der Waals surface area contributed by atoms with Crippen molar-refractivity contribution in [3.63, 3.8) is 0 Å². The molecule has 0 atom stereocenters. The minimum absolute atomic E-state index is 0.0434. The second-order valence-corrected chi connectivity index (χ2v) is 10.7. The average molecular weight is 528 g/mol. The number of ketones is 1.